The van der Waals surface area contributed by atoms with E-state index in [1.165, 1.54) is 43.9 Å². The fourth-order valence-electron chi connectivity index (χ4n) is 7.43. The van der Waals surface area contributed by atoms with Crippen LogP contribution in [0.2, 0.25) is 0 Å². The molecule has 0 bridgehead atoms. The second-order valence-corrected chi connectivity index (χ2v) is 21.6. The minimum atomic E-state index is -5.51. The molecule has 2 unspecified atom stereocenters. The van der Waals surface area contributed by atoms with E-state index in [-0.39, 0.29) is 31.5 Å². The highest BCUT2D eigenvalue weighted by atomic mass is 31.3. The average molecular weight is 1140 g/mol. The molecule has 1 aromatic rings. The van der Waals surface area contributed by atoms with Crippen molar-refractivity contribution in [3.63, 3.8) is 0 Å². The lowest BCUT2D eigenvalue weighted by Gasteiger charge is -2.21. The number of ether oxygens (including phenoxy) is 3. The zero-order chi connectivity index (χ0) is 57.4. The number of esters is 2. The Bertz CT molecular complexity index is 2250. The Hall–Kier alpha value is -4.44. The first kappa shape index (κ1) is 69.7. The summed E-state index contributed by atoms with van der Waals surface area (Å²) in [6, 6.07) is 1.22. The van der Waals surface area contributed by atoms with Crippen molar-refractivity contribution in [3.05, 3.63) is 120 Å². The van der Waals surface area contributed by atoms with E-state index in [0.29, 0.717) is 12.8 Å². The summed E-state index contributed by atoms with van der Waals surface area (Å²) in [4.78, 5) is 62.1. The fraction of sp³-hybridized carbons (Fsp3) is 0.600. The number of phosphoric acid groups is 2. The molecule has 2 heterocycles. The maximum atomic E-state index is 12.9. The number of hydrogen-bond acceptors (Lipinski definition) is 18. The second-order valence-electron chi connectivity index (χ2n) is 18.6. The minimum absolute atomic E-state index is 0.000381. The first-order valence-corrected chi connectivity index (χ1v) is 30.1. The molecule has 1 fully saturated rings. The van der Waals surface area contributed by atoms with Crippen LogP contribution in [-0.4, -0.2) is 119 Å². The van der Waals surface area contributed by atoms with Gasteiger partial charge in [-0.25, -0.2) is 13.9 Å². The molecule has 0 aromatic carbocycles. The quantitative estimate of drug-likeness (QED) is 0.00998. The van der Waals surface area contributed by atoms with E-state index in [2.05, 4.69) is 52.7 Å². The van der Waals surface area contributed by atoms with Gasteiger partial charge in [-0.05, 0) is 76.7 Å². The van der Waals surface area contributed by atoms with Crippen LogP contribution in [0.4, 0.5) is 5.82 Å². The number of allylic oxidation sites excluding steroid dienone is 13. The number of aliphatic hydroxyl groups excluding tert-OH is 5. The Morgan fingerprint density at radius 3 is 1.97 bits per heavy atom. The van der Waals surface area contributed by atoms with Gasteiger partial charge in [-0.15, -0.1) is 0 Å². The predicted molar refractivity (Wildman–Crippen MR) is 297 cm³/mol. The average Bonchev–Trinajstić information content (AvgIpc) is 3.67. The van der Waals surface area contributed by atoms with Crippen LogP contribution in [0.3, 0.4) is 0 Å². The van der Waals surface area contributed by atoms with Gasteiger partial charge in [0.1, 0.15) is 30.7 Å². The number of rotatable bonds is 43. The van der Waals surface area contributed by atoms with Crippen LogP contribution in [0.25, 0.3) is 0 Å². The molecule has 1 aromatic heterocycles. The zero-order valence-corrected chi connectivity index (χ0v) is 47.1. The molecule has 78 heavy (non-hydrogen) atoms. The van der Waals surface area contributed by atoms with Crippen LogP contribution in [0.1, 0.15) is 148 Å². The number of carbonyl (C=O) groups excluding carboxylic acids is 2. The molecule has 0 radical (unpaired) electrons. The maximum Gasteiger partial charge on any atom is 0.481 e. The van der Waals surface area contributed by atoms with Crippen LogP contribution >= 0.6 is 15.6 Å². The number of aromatic nitrogens is 2. The Morgan fingerprint density at radius 1 is 0.731 bits per heavy atom. The standard InChI is InChI=1S/C55H87N3O18P2/c1-3-5-7-8-9-10-11-12-13-14-15-16-17-18-19-20-21-22-27-31-37-51(63)74-45(41-71-50(62)38-32-36-47(61)46(60)35-30-26-24-23-25-29-34-44(59)33-28-6-4-2)42-72-77(67,68)76-78(69,70)73-43-48-52(64)53(65)54(75-48)58-40-39-49(56)57-55(58)66/h6,10-11,13-14,16-17,23-26,28-30,34-35,39-40,44-48,52-54,59-61,64-65H,3-5,7-9,12,15,18-22,27,31-33,36-38,41-43H2,1-2H3,(H,67,68)(H,69,70)(H2,56,57,66)/b11-10-,14-13-,17-16-,25-23+,26-24-,28-6-,34-29+,35-30-/t44-,45-,46+,47+,48-,52-,53-,54-/m1/s1. The van der Waals surface area contributed by atoms with Crippen LogP contribution in [0.5, 0.6) is 0 Å². The van der Waals surface area contributed by atoms with Gasteiger partial charge in [-0.3, -0.25) is 23.2 Å². The molecular formula is C55H87N3O18P2. The summed E-state index contributed by atoms with van der Waals surface area (Å²) in [7, 11) is -11.0. The van der Waals surface area contributed by atoms with Crippen molar-refractivity contribution in [3.8, 4) is 0 Å². The number of nitrogens with zero attached hydrogens (tertiary/aromatic N) is 2. The highest BCUT2D eigenvalue weighted by Gasteiger charge is 2.46. The predicted octanol–water partition coefficient (Wildman–Crippen LogP) is 8.52. The molecule has 0 aliphatic carbocycles. The molecule has 0 amide bonds. The topological polar surface area (TPSA) is 326 Å². The molecule has 10 atom stereocenters. The number of anilines is 1. The molecule has 21 nitrogen and oxygen atoms in total. The Kier molecular flexibility index (Phi) is 37.1. The summed E-state index contributed by atoms with van der Waals surface area (Å²) in [6.45, 7) is 1.60. The second kappa shape index (κ2) is 41.6. The molecule has 440 valence electrons. The number of nitrogen functional groups attached to an aromatic ring is 1. The van der Waals surface area contributed by atoms with Gasteiger partial charge in [0.15, 0.2) is 12.3 Å². The third-order valence-corrected chi connectivity index (χ3v) is 14.3. The van der Waals surface area contributed by atoms with Gasteiger partial charge in [0.05, 0.1) is 31.5 Å². The largest absolute Gasteiger partial charge is 0.481 e. The van der Waals surface area contributed by atoms with E-state index >= 15 is 0 Å². The molecule has 0 saturated carbocycles. The van der Waals surface area contributed by atoms with Crippen molar-refractivity contribution in [1.82, 2.24) is 9.55 Å². The van der Waals surface area contributed by atoms with Gasteiger partial charge in [0, 0.05) is 19.0 Å². The number of unbranched alkanes of at least 4 members (excludes halogenated alkanes) is 10. The van der Waals surface area contributed by atoms with Crippen molar-refractivity contribution in [1.29, 1.82) is 0 Å². The van der Waals surface area contributed by atoms with Gasteiger partial charge in [-0.1, -0.05) is 156 Å². The summed E-state index contributed by atoms with van der Waals surface area (Å²) < 4.78 is 56.6. The van der Waals surface area contributed by atoms with E-state index in [1.54, 1.807) is 36.5 Å². The summed E-state index contributed by atoms with van der Waals surface area (Å²) in [5.41, 5.74) is 4.56. The minimum Gasteiger partial charge on any atom is -0.462 e. The molecule has 23 heteroatoms. The van der Waals surface area contributed by atoms with E-state index in [0.717, 1.165) is 75.0 Å². The lowest BCUT2D eigenvalue weighted by Crippen LogP contribution is -2.36. The van der Waals surface area contributed by atoms with E-state index in [1.807, 2.05) is 19.1 Å². The summed E-state index contributed by atoms with van der Waals surface area (Å²) in [6.07, 6.45) is 35.5. The Morgan fingerprint density at radius 2 is 1.32 bits per heavy atom. The molecule has 1 aliphatic rings. The lowest BCUT2D eigenvalue weighted by atomic mass is 10.1. The highest BCUT2D eigenvalue weighted by Crippen LogP contribution is 2.60. The lowest BCUT2D eigenvalue weighted by molar-refractivity contribution is -0.161. The molecule has 1 aliphatic heterocycles. The monoisotopic (exact) mass is 1140 g/mol. The maximum absolute atomic E-state index is 12.9. The molecule has 9 N–H and O–H groups in total. The number of hydrogen-bond donors (Lipinski definition) is 8. The molecule has 1 saturated heterocycles. The van der Waals surface area contributed by atoms with Gasteiger partial charge < -0.3 is 55.3 Å². The van der Waals surface area contributed by atoms with Crippen molar-refractivity contribution in [2.24, 2.45) is 0 Å². The van der Waals surface area contributed by atoms with Crippen molar-refractivity contribution < 1.29 is 81.6 Å². The van der Waals surface area contributed by atoms with Crippen molar-refractivity contribution in [2.75, 3.05) is 25.6 Å². The van der Waals surface area contributed by atoms with Crippen LogP contribution < -0.4 is 11.4 Å². The normalized spacial score (nSPS) is 20.5. The highest BCUT2D eigenvalue weighted by molar-refractivity contribution is 7.61. The van der Waals surface area contributed by atoms with Crippen LogP contribution in [0, 0.1) is 0 Å². The van der Waals surface area contributed by atoms with Gasteiger partial charge in [0.2, 0.25) is 0 Å². The molecular weight excluding hydrogens is 1050 g/mol. The zero-order valence-electron chi connectivity index (χ0n) is 45.3. The number of phosphoric ester groups is 2. The van der Waals surface area contributed by atoms with Crippen LogP contribution in [-0.2, 0) is 46.3 Å². The number of nitrogens with two attached hydrogens (primary N) is 1. The SMILES string of the molecule is CC/C=C\C[C@@H](O)/C=C/C=C/C=C\C=C/[C@H](O)[C@@H](O)CCCC(=O)OC[C@H](COP(=O)(O)OP(=O)(O)OC[C@H]1O[C@@H](n2ccc(N)nc2=O)[C@H](O)[C@@H]1O)OC(=O)CCCCCCCC/C=C\C/C=C\C/C=C\CCCCCC. The number of carbonyl (C=O) groups is 2. The third-order valence-electron chi connectivity index (χ3n) is 11.7. The smallest absolute Gasteiger partial charge is 0.462 e. The molecule has 0 spiro atoms. The van der Waals surface area contributed by atoms with Crippen molar-refractivity contribution in [2.45, 2.75) is 191 Å². The van der Waals surface area contributed by atoms with Crippen LogP contribution in [0.15, 0.2) is 114 Å². The Labute approximate surface area is 459 Å². The summed E-state index contributed by atoms with van der Waals surface area (Å²) >= 11 is 0. The van der Waals surface area contributed by atoms with Gasteiger partial charge >= 0.3 is 33.3 Å². The first-order valence-electron chi connectivity index (χ1n) is 27.1. The van der Waals surface area contributed by atoms with E-state index in [4.69, 9.17) is 29.0 Å². The van der Waals surface area contributed by atoms with Gasteiger partial charge in [0.25, 0.3) is 0 Å². The van der Waals surface area contributed by atoms with Gasteiger partial charge in [-0.2, -0.15) is 9.29 Å². The fourth-order valence-corrected chi connectivity index (χ4v) is 9.54. The van der Waals surface area contributed by atoms with E-state index in [9.17, 15) is 58.8 Å². The number of aliphatic hydroxyl groups is 5. The third kappa shape index (κ3) is 33.2. The molecule has 2 rings (SSSR count). The van der Waals surface area contributed by atoms with E-state index < -0.39 is 102 Å². The van der Waals surface area contributed by atoms with Crippen molar-refractivity contribution >= 4 is 33.4 Å². The summed E-state index contributed by atoms with van der Waals surface area (Å²) in [5, 5.41) is 51.6. The Balaban J connectivity index is 1.87. The summed E-state index contributed by atoms with van der Waals surface area (Å²) in [5.74, 6) is -1.67. The first-order chi connectivity index (χ1) is 37.4.